The normalized spacial score (nSPS) is 16.8. The topological polar surface area (TPSA) is 106 Å². The van der Waals surface area contributed by atoms with Crippen molar-refractivity contribution in [1.82, 2.24) is 5.32 Å². The summed E-state index contributed by atoms with van der Waals surface area (Å²) >= 11 is 1.18. The van der Waals surface area contributed by atoms with Gasteiger partial charge in [-0.3, -0.25) is 4.79 Å². The van der Waals surface area contributed by atoms with Crippen LogP contribution in [0.5, 0.6) is 17.2 Å². The van der Waals surface area contributed by atoms with Crippen molar-refractivity contribution in [3.63, 3.8) is 0 Å². The van der Waals surface area contributed by atoms with Gasteiger partial charge in [0.1, 0.15) is 5.75 Å². The van der Waals surface area contributed by atoms with Crippen LogP contribution in [-0.2, 0) is 9.59 Å². The molecule has 0 aromatic heterocycles. The van der Waals surface area contributed by atoms with Crippen molar-refractivity contribution in [2.24, 2.45) is 4.99 Å². The molecule has 3 rings (SSSR count). The second-order valence-electron chi connectivity index (χ2n) is 6.39. The van der Waals surface area contributed by atoms with E-state index in [0.29, 0.717) is 33.7 Å². The van der Waals surface area contributed by atoms with Crippen LogP contribution in [0.4, 0.5) is 5.69 Å². The van der Waals surface area contributed by atoms with E-state index in [4.69, 9.17) is 14.2 Å². The third kappa shape index (κ3) is 5.58. The summed E-state index contributed by atoms with van der Waals surface area (Å²) < 4.78 is 16.3. The molecule has 2 N–H and O–H groups in total. The number of carbonyl (C=O) groups excluding carboxylic acids is 1. The van der Waals surface area contributed by atoms with Gasteiger partial charge < -0.3 is 24.6 Å². The van der Waals surface area contributed by atoms with Gasteiger partial charge in [-0.05, 0) is 62.0 Å². The van der Waals surface area contributed by atoms with E-state index in [2.05, 4.69) is 10.3 Å². The molecule has 0 saturated carbocycles. The highest BCUT2D eigenvalue weighted by Crippen LogP contribution is 2.36. The minimum absolute atomic E-state index is 0.248. The van der Waals surface area contributed by atoms with E-state index in [1.165, 1.54) is 25.8 Å². The number of para-hydroxylation sites is 1. The number of hydrogen-bond donors (Lipinski definition) is 2. The summed E-state index contributed by atoms with van der Waals surface area (Å²) in [6.45, 7) is 3.91. The van der Waals surface area contributed by atoms with Crippen LogP contribution in [-0.4, -0.2) is 42.0 Å². The van der Waals surface area contributed by atoms with Crippen LogP contribution in [0, 0.1) is 0 Å². The first-order valence-electron chi connectivity index (χ1n) is 9.50. The zero-order chi connectivity index (χ0) is 22.4. The number of carboxylic acids is 1. The first kappa shape index (κ1) is 22.2. The van der Waals surface area contributed by atoms with Gasteiger partial charge in [0.25, 0.3) is 5.91 Å². The molecule has 162 valence electrons. The Bertz CT molecular complexity index is 1030. The number of nitrogens with one attached hydrogen (secondary N) is 1. The van der Waals surface area contributed by atoms with Gasteiger partial charge in [-0.25, -0.2) is 9.79 Å². The molecule has 31 heavy (non-hydrogen) atoms. The first-order valence-corrected chi connectivity index (χ1v) is 10.3. The van der Waals surface area contributed by atoms with Crippen molar-refractivity contribution < 1.29 is 28.9 Å². The van der Waals surface area contributed by atoms with E-state index in [0.717, 1.165) is 5.75 Å². The number of carboxylic acid groups (broad SMARTS) is 1. The van der Waals surface area contributed by atoms with Crippen LogP contribution in [0.25, 0.3) is 6.08 Å². The molecule has 0 bridgehead atoms. The number of benzene rings is 2. The third-order valence-corrected chi connectivity index (χ3v) is 5.10. The molecule has 2 aromatic carbocycles. The Morgan fingerprint density at radius 2 is 2.00 bits per heavy atom. The Morgan fingerprint density at radius 1 is 1.26 bits per heavy atom. The zero-order valence-corrected chi connectivity index (χ0v) is 18.1. The van der Waals surface area contributed by atoms with Crippen molar-refractivity contribution in [2.75, 3.05) is 13.7 Å². The number of carbonyl (C=O) groups is 2. The van der Waals surface area contributed by atoms with Crippen LogP contribution in [0.15, 0.2) is 52.4 Å². The number of methoxy groups -OCH3 is 1. The summed E-state index contributed by atoms with van der Waals surface area (Å²) in [5.41, 5.74) is 1.20. The summed E-state index contributed by atoms with van der Waals surface area (Å²) in [6, 6.07) is 12.3. The van der Waals surface area contributed by atoms with Crippen LogP contribution in [0.3, 0.4) is 0 Å². The standard InChI is InChI=1S/C22H22N2O6S/c1-4-29-16-10-8-15(9-11-16)23-22-24-20(25)18(31-22)12-14-6-5-7-17(28-3)19(14)30-13(2)21(26)27/h5-13H,4H2,1-3H3,(H,26,27)(H,23,24,25)/b18-12-/t13-/m1/s1. The predicted octanol–water partition coefficient (Wildman–Crippen LogP) is 3.84. The Labute approximate surface area is 183 Å². The minimum atomic E-state index is -1.11. The molecule has 9 heteroatoms. The molecule has 2 aromatic rings. The molecule has 1 heterocycles. The highest BCUT2D eigenvalue weighted by atomic mass is 32.2. The molecule has 8 nitrogen and oxygen atoms in total. The molecule has 0 unspecified atom stereocenters. The van der Waals surface area contributed by atoms with E-state index >= 15 is 0 Å². The van der Waals surface area contributed by atoms with E-state index in [1.807, 2.05) is 19.1 Å². The smallest absolute Gasteiger partial charge is 0.344 e. The average Bonchev–Trinajstić information content (AvgIpc) is 3.09. The number of amides is 1. The Balaban J connectivity index is 1.85. The quantitative estimate of drug-likeness (QED) is 0.598. The lowest BCUT2D eigenvalue weighted by Crippen LogP contribution is -2.23. The number of aliphatic carboxylic acids is 1. The molecule has 1 fully saturated rings. The number of aliphatic imine (C=N–C) groups is 1. The summed E-state index contributed by atoms with van der Waals surface area (Å²) in [5.74, 6) is -0.0554. The van der Waals surface area contributed by atoms with Gasteiger partial charge in [-0.2, -0.15) is 0 Å². The molecule has 0 aliphatic carbocycles. The maximum atomic E-state index is 12.4. The second-order valence-corrected chi connectivity index (χ2v) is 7.42. The molecule has 1 saturated heterocycles. The monoisotopic (exact) mass is 442 g/mol. The lowest BCUT2D eigenvalue weighted by Gasteiger charge is -2.16. The fraction of sp³-hybridized carbons (Fsp3) is 0.227. The maximum Gasteiger partial charge on any atom is 0.344 e. The predicted molar refractivity (Wildman–Crippen MR) is 119 cm³/mol. The summed E-state index contributed by atoms with van der Waals surface area (Å²) in [6.07, 6.45) is 0.530. The summed E-state index contributed by atoms with van der Waals surface area (Å²) in [4.78, 5) is 28.5. The van der Waals surface area contributed by atoms with Crippen molar-refractivity contribution in [1.29, 1.82) is 0 Å². The zero-order valence-electron chi connectivity index (χ0n) is 17.2. The molecule has 1 atom stereocenters. The van der Waals surface area contributed by atoms with Crippen molar-refractivity contribution in [2.45, 2.75) is 20.0 Å². The fourth-order valence-corrected chi connectivity index (χ4v) is 3.52. The van der Waals surface area contributed by atoms with Crippen molar-refractivity contribution in [3.8, 4) is 17.2 Å². The Kier molecular flexibility index (Phi) is 7.19. The van der Waals surface area contributed by atoms with E-state index in [9.17, 15) is 14.7 Å². The lowest BCUT2D eigenvalue weighted by molar-refractivity contribution is -0.144. The van der Waals surface area contributed by atoms with Gasteiger partial charge >= 0.3 is 5.97 Å². The van der Waals surface area contributed by atoms with Crippen LogP contribution >= 0.6 is 11.8 Å². The van der Waals surface area contributed by atoms with Gasteiger partial charge in [0.2, 0.25) is 0 Å². The maximum absolute atomic E-state index is 12.4. The minimum Gasteiger partial charge on any atom is -0.494 e. The number of hydrogen-bond acceptors (Lipinski definition) is 7. The average molecular weight is 442 g/mol. The summed E-state index contributed by atoms with van der Waals surface area (Å²) in [7, 11) is 1.46. The molecule has 1 aliphatic rings. The SMILES string of the molecule is CCOc1ccc(N=C2NC(=O)/C(=C/c3cccc(OC)c3O[C@H](C)C(=O)O)S2)cc1. The van der Waals surface area contributed by atoms with Crippen LogP contribution in [0.1, 0.15) is 19.4 Å². The van der Waals surface area contributed by atoms with Crippen LogP contribution in [0.2, 0.25) is 0 Å². The molecule has 1 amide bonds. The molecule has 1 aliphatic heterocycles. The van der Waals surface area contributed by atoms with Gasteiger partial charge in [0.05, 0.1) is 24.3 Å². The number of ether oxygens (including phenoxy) is 3. The van der Waals surface area contributed by atoms with Crippen molar-refractivity contribution >= 4 is 40.6 Å². The van der Waals surface area contributed by atoms with Gasteiger partial charge in [-0.15, -0.1) is 0 Å². The lowest BCUT2D eigenvalue weighted by atomic mass is 10.1. The third-order valence-electron chi connectivity index (χ3n) is 4.19. The largest absolute Gasteiger partial charge is 0.494 e. The number of thioether (sulfide) groups is 1. The van der Waals surface area contributed by atoms with E-state index in [1.54, 1.807) is 36.4 Å². The highest BCUT2D eigenvalue weighted by molar-refractivity contribution is 8.18. The van der Waals surface area contributed by atoms with E-state index < -0.39 is 12.1 Å². The van der Waals surface area contributed by atoms with Gasteiger partial charge in [0, 0.05) is 5.56 Å². The number of nitrogens with zero attached hydrogens (tertiary/aromatic N) is 1. The molecular formula is C22H22N2O6S. The molecule has 0 radical (unpaired) electrons. The number of rotatable bonds is 8. The Hall–Kier alpha value is -3.46. The first-order chi connectivity index (χ1) is 14.9. The van der Waals surface area contributed by atoms with Gasteiger partial charge in [0.15, 0.2) is 22.8 Å². The Morgan fingerprint density at radius 3 is 2.65 bits per heavy atom. The van der Waals surface area contributed by atoms with E-state index in [-0.39, 0.29) is 11.7 Å². The molecule has 0 spiro atoms. The van der Waals surface area contributed by atoms with Crippen molar-refractivity contribution in [3.05, 3.63) is 52.9 Å². The second kappa shape index (κ2) is 10.0. The highest BCUT2D eigenvalue weighted by Gasteiger charge is 2.25. The van der Waals surface area contributed by atoms with Gasteiger partial charge in [-0.1, -0.05) is 12.1 Å². The number of amidine groups is 1. The molecular weight excluding hydrogens is 420 g/mol. The van der Waals surface area contributed by atoms with Crippen LogP contribution < -0.4 is 19.5 Å². The summed E-state index contributed by atoms with van der Waals surface area (Å²) in [5, 5.41) is 12.3. The fourth-order valence-electron chi connectivity index (χ4n) is 2.68.